The van der Waals surface area contributed by atoms with Crippen molar-refractivity contribution in [3.63, 3.8) is 0 Å². The van der Waals surface area contributed by atoms with E-state index in [1.807, 2.05) is 0 Å². The maximum absolute atomic E-state index is 12.3. The average Bonchev–Trinajstić information content (AvgIpc) is 3.89. The van der Waals surface area contributed by atoms with Gasteiger partial charge in [0.15, 0.2) is 0 Å². The van der Waals surface area contributed by atoms with Gasteiger partial charge in [0.05, 0.1) is 45.5 Å². The zero-order valence-electron chi connectivity index (χ0n) is 21.3. The Morgan fingerprint density at radius 3 is 2.58 bits per heavy atom. The van der Waals surface area contributed by atoms with Gasteiger partial charge in [0.25, 0.3) is 0 Å². The van der Waals surface area contributed by atoms with Gasteiger partial charge in [-0.1, -0.05) is 52.1 Å². The smallest absolute Gasteiger partial charge is 0.339 e. The molecule has 0 aliphatic heterocycles. The van der Waals surface area contributed by atoms with Gasteiger partial charge in [-0.3, -0.25) is 4.98 Å². The third-order valence-electron chi connectivity index (χ3n) is 7.50. The molecule has 0 saturated heterocycles. The van der Waals surface area contributed by atoms with Crippen molar-refractivity contribution in [2.24, 2.45) is 0 Å². The lowest BCUT2D eigenvalue weighted by atomic mass is 9.92. The number of carbonyl (C=O) groups is 1. The molecule has 0 amide bonds. The van der Waals surface area contributed by atoms with E-state index >= 15 is 0 Å². The molecule has 7 nitrogen and oxygen atoms in total. The largest absolute Gasteiger partial charge is 0.489 e. The first-order valence-electron chi connectivity index (χ1n) is 12.7. The maximum atomic E-state index is 12.3. The first-order valence-corrected chi connectivity index (χ1v) is 13.8. The van der Waals surface area contributed by atoms with Crippen LogP contribution in [0, 0.1) is 11.3 Å². The van der Waals surface area contributed by atoms with Crippen LogP contribution in [-0.4, -0.2) is 23.2 Å². The van der Waals surface area contributed by atoms with Gasteiger partial charge in [0.1, 0.15) is 23.8 Å². The van der Waals surface area contributed by atoms with Gasteiger partial charge in [-0.25, -0.2) is 4.79 Å². The molecular weight excluding hydrogens is 573 g/mol. The SMILES string of the molecule is COC(=O)c1cccnc1C1CC1(C#N)c1ccc(OCc2c(-c3c(Cl)cccc3Cl)noc2C2CC2)cc1Cl. The van der Waals surface area contributed by atoms with Crippen LogP contribution >= 0.6 is 34.8 Å². The number of ether oxygens (including phenoxy) is 2. The number of benzene rings is 2. The van der Waals surface area contributed by atoms with Crippen LogP contribution in [0.1, 0.15) is 64.0 Å². The van der Waals surface area contributed by atoms with Gasteiger partial charge in [-0.05, 0) is 61.2 Å². The van der Waals surface area contributed by atoms with E-state index in [0.29, 0.717) is 55.3 Å². The molecule has 2 aromatic heterocycles. The van der Waals surface area contributed by atoms with E-state index in [4.69, 9.17) is 48.8 Å². The van der Waals surface area contributed by atoms with Gasteiger partial charge >= 0.3 is 5.97 Å². The fourth-order valence-electron chi connectivity index (χ4n) is 5.20. The summed E-state index contributed by atoms with van der Waals surface area (Å²) in [5.74, 6) is 0.795. The summed E-state index contributed by atoms with van der Waals surface area (Å²) in [6, 6.07) is 16.3. The molecule has 6 rings (SSSR count). The predicted molar refractivity (Wildman–Crippen MR) is 150 cm³/mol. The summed E-state index contributed by atoms with van der Waals surface area (Å²) in [4.78, 5) is 16.7. The van der Waals surface area contributed by atoms with Crippen LogP contribution in [0.2, 0.25) is 15.1 Å². The Bertz CT molecular complexity index is 1660. The van der Waals surface area contributed by atoms with Crippen LogP contribution in [0.3, 0.4) is 0 Å². The number of carbonyl (C=O) groups excluding carboxylic acids is 1. The Kier molecular flexibility index (Phi) is 6.95. The van der Waals surface area contributed by atoms with E-state index in [-0.39, 0.29) is 18.4 Å². The number of aromatic nitrogens is 2. The van der Waals surface area contributed by atoms with E-state index < -0.39 is 11.4 Å². The normalized spacial score (nSPS) is 19.6. The van der Waals surface area contributed by atoms with Crippen LogP contribution in [0.4, 0.5) is 0 Å². The Morgan fingerprint density at radius 1 is 1.12 bits per heavy atom. The first kappa shape index (κ1) is 26.6. The molecule has 2 atom stereocenters. The van der Waals surface area contributed by atoms with Crippen LogP contribution in [0.5, 0.6) is 5.75 Å². The number of rotatable bonds is 8. The molecule has 40 heavy (non-hydrogen) atoms. The highest BCUT2D eigenvalue weighted by Crippen LogP contribution is 2.61. The molecule has 0 bridgehead atoms. The van der Waals surface area contributed by atoms with Gasteiger partial charge in [-0.2, -0.15) is 5.26 Å². The standard InChI is InChI=1S/C30H22Cl3N3O4/c1-38-29(37)18-4-3-11-35-26(18)21-13-30(21,15-34)20-10-9-17(12-24(20)33)39-14-19-27(36-40-28(19)16-7-8-16)25-22(31)5-2-6-23(25)32/h2-6,9-12,16,21H,7-8,13-14H2,1H3. The first-order chi connectivity index (χ1) is 19.4. The van der Waals surface area contributed by atoms with Gasteiger partial charge in [0.2, 0.25) is 0 Å². The average molecular weight is 595 g/mol. The second kappa shape index (κ2) is 10.4. The van der Waals surface area contributed by atoms with Crippen molar-refractivity contribution in [3.05, 3.63) is 97.9 Å². The van der Waals surface area contributed by atoms with E-state index in [1.54, 1.807) is 54.7 Å². The number of esters is 1. The van der Waals surface area contributed by atoms with Crippen molar-refractivity contribution in [2.75, 3.05) is 7.11 Å². The van der Waals surface area contributed by atoms with Crippen LogP contribution in [0.15, 0.2) is 59.3 Å². The zero-order valence-corrected chi connectivity index (χ0v) is 23.6. The number of hydrogen-bond acceptors (Lipinski definition) is 7. The lowest BCUT2D eigenvalue weighted by Gasteiger charge is -2.15. The van der Waals surface area contributed by atoms with Crippen molar-refractivity contribution in [3.8, 4) is 23.1 Å². The Morgan fingerprint density at radius 2 is 1.90 bits per heavy atom. The van der Waals surface area contributed by atoms with Crippen LogP contribution in [-0.2, 0) is 16.8 Å². The second-order valence-electron chi connectivity index (χ2n) is 9.94. The highest BCUT2D eigenvalue weighted by atomic mass is 35.5. The Hall–Kier alpha value is -3.57. The molecule has 2 unspecified atom stereocenters. The van der Waals surface area contributed by atoms with E-state index in [2.05, 4.69) is 16.2 Å². The molecule has 2 aliphatic carbocycles. The predicted octanol–water partition coefficient (Wildman–Crippen LogP) is 7.89. The molecule has 0 spiro atoms. The summed E-state index contributed by atoms with van der Waals surface area (Å²) in [6.45, 7) is 0.171. The summed E-state index contributed by atoms with van der Waals surface area (Å²) in [5, 5.41) is 15.8. The third-order valence-corrected chi connectivity index (χ3v) is 8.45. The summed E-state index contributed by atoms with van der Waals surface area (Å²) < 4.78 is 16.8. The minimum atomic E-state index is -0.908. The molecule has 0 radical (unpaired) electrons. The van der Waals surface area contributed by atoms with Crippen molar-refractivity contribution in [1.29, 1.82) is 5.26 Å². The minimum Gasteiger partial charge on any atom is -0.489 e. The summed E-state index contributed by atoms with van der Waals surface area (Å²) in [5.41, 5.74) is 2.57. The van der Waals surface area contributed by atoms with Crippen LogP contribution in [0.25, 0.3) is 11.3 Å². The maximum Gasteiger partial charge on any atom is 0.339 e. The quantitative estimate of drug-likeness (QED) is 0.191. The monoisotopic (exact) mass is 593 g/mol. The third kappa shape index (κ3) is 4.60. The molecule has 202 valence electrons. The van der Waals surface area contributed by atoms with E-state index in [1.165, 1.54) is 7.11 Å². The molecule has 0 N–H and O–H groups in total. The fraction of sp³-hybridized carbons (Fsp3) is 0.267. The van der Waals surface area contributed by atoms with Crippen molar-refractivity contribution >= 4 is 40.8 Å². The fourth-order valence-corrected chi connectivity index (χ4v) is 6.12. The van der Waals surface area contributed by atoms with Crippen LogP contribution < -0.4 is 4.74 Å². The number of methoxy groups -OCH3 is 1. The molecular formula is C30H22Cl3N3O4. The molecule has 10 heteroatoms. The molecule has 2 aliphatic rings. The van der Waals surface area contributed by atoms with Gasteiger partial charge in [-0.15, -0.1) is 0 Å². The number of nitrogens with zero attached hydrogens (tertiary/aromatic N) is 3. The molecule has 4 aromatic rings. The van der Waals surface area contributed by atoms with E-state index in [0.717, 1.165) is 24.2 Å². The van der Waals surface area contributed by atoms with Crippen molar-refractivity contribution in [2.45, 2.75) is 43.1 Å². The highest BCUT2D eigenvalue weighted by molar-refractivity contribution is 6.39. The van der Waals surface area contributed by atoms with Gasteiger partial charge < -0.3 is 14.0 Å². The number of pyridine rings is 1. The molecule has 2 aromatic carbocycles. The molecule has 2 fully saturated rings. The number of nitriles is 1. The Balaban J connectivity index is 1.27. The van der Waals surface area contributed by atoms with E-state index in [9.17, 15) is 10.1 Å². The topological polar surface area (TPSA) is 98.2 Å². The highest BCUT2D eigenvalue weighted by Gasteiger charge is 2.59. The lowest BCUT2D eigenvalue weighted by Crippen LogP contribution is -2.12. The lowest BCUT2D eigenvalue weighted by molar-refractivity contribution is 0.0598. The second-order valence-corrected chi connectivity index (χ2v) is 11.2. The molecule has 2 saturated carbocycles. The summed E-state index contributed by atoms with van der Waals surface area (Å²) >= 11 is 19.7. The summed E-state index contributed by atoms with van der Waals surface area (Å²) in [7, 11) is 1.32. The number of hydrogen-bond donors (Lipinski definition) is 0. The minimum absolute atomic E-state index is 0.171. The van der Waals surface area contributed by atoms with Crippen molar-refractivity contribution < 1.29 is 18.8 Å². The summed E-state index contributed by atoms with van der Waals surface area (Å²) in [6.07, 6.45) is 4.12. The van der Waals surface area contributed by atoms with Gasteiger partial charge in [0, 0.05) is 28.6 Å². The molecule has 2 heterocycles. The zero-order chi connectivity index (χ0) is 28.0. The number of halogens is 3. The Labute approximate surface area is 245 Å². The van der Waals surface area contributed by atoms with Crippen molar-refractivity contribution in [1.82, 2.24) is 10.1 Å².